The van der Waals surface area contributed by atoms with Gasteiger partial charge in [-0.3, -0.25) is 9.69 Å². The number of aromatic nitrogens is 1. The molecular weight excluding hydrogens is 358 g/mol. The molecule has 27 heavy (non-hydrogen) atoms. The Morgan fingerprint density at radius 1 is 1.15 bits per heavy atom. The molecule has 1 saturated carbocycles. The summed E-state index contributed by atoms with van der Waals surface area (Å²) in [4.78, 5) is 21.0. The smallest absolute Gasteiger partial charge is 0.222 e. The lowest BCUT2D eigenvalue weighted by atomic mass is 9.88. The molecule has 1 aliphatic heterocycles. The van der Waals surface area contributed by atoms with Crippen LogP contribution < -0.4 is 0 Å². The van der Waals surface area contributed by atoms with Crippen LogP contribution in [-0.2, 0) is 11.2 Å². The van der Waals surface area contributed by atoms with Gasteiger partial charge in [0.25, 0.3) is 0 Å². The first-order chi connectivity index (χ1) is 12.7. The van der Waals surface area contributed by atoms with E-state index in [1.807, 2.05) is 13.1 Å². The maximum atomic E-state index is 12.9. The second-order valence-electron chi connectivity index (χ2n) is 8.03. The van der Waals surface area contributed by atoms with E-state index in [2.05, 4.69) is 39.2 Å². The highest BCUT2D eigenvalue weighted by molar-refractivity contribution is 5.85. The van der Waals surface area contributed by atoms with Gasteiger partial charge in [-0.05, 0) is 56.8 Å². The Bertz CT molecular complexity index is 753. The van der Waals surface area contributed by atoms with E-state index in [4.69, 9.17) is 0 Å². The second-order valence-corrected chi connectivity index (χ2v) is 8.03. The number of aromatic amines is 1. The van der Waals surface area contributed by atoms with Gasteiger partial charge in [0.15, 0.2) is 0 Å². The summed E-state index contributed by atoms with van der Waals surface area (Å²) >= 11 is 0. The quantitative estimate of drug-likeness (QED) is 0.823. The van der Waals surface area contributed by atoms with Crippen LogP contribution in [0, 0.1) is 0 Å². The van der Waals surface area contributed by atoms with Crippen molar-refractivity contribution >= 4 is 29.2 Å². The zero-order valence-electron chi connectivity index (χ0n) is 16.3. The van der Waals surface area contributed by atoms with Crippen molar-refractivity contribution in [3.8, 4) is 0 Å². The summed E-state index contributed by atoms with van der Waals surface area (Å²) in [5, 5.41) is 1.25. The molecule has 148 valence electrons. The average molecular weight is 390 g/mol. The van der Waals surface area contributed by atoms with Crippen LogP contribution in [0.15, 0.2) is 30.5 Å². The van der Waals surface area contributed by atoms with Gasteiger partial charge in [-0.25, -0.2) is 0 Å². The van der Waals surface area contributed by atoms with Gasteiger partial charge in [0.2, 0.25) is 5.91 Å². The molecule has 2 fully saturated rings. The van der Waals surface area contributed by atoms with E-state index < -0.39 is 0 Å². The van der Waals surface area contributed by atoms with Crippen LogP contribution in [0.3, 0.4) is 0 Å². The second kappa shape index (κ2) is 9.11. The molecule has 1 aliphatic carbocycles. The predicted octanol–water partition coefficient (Wildman–Crippen LogP) is 4.39. The van der Waals surface area contributed by atoms with E-state index in [1.54, 1.807) is 0 Å². The number of benzene rings is 1. The van der Waals surface area contributed by atoms with Crippen molar-refractivity contribution < 1.29 is 4.79 Å². The van der Waals surface area contributed by atoms with Crippen LogP contribution in [0.5, 0.6) is 0 Å². The zero-order chi connectivity index (χ0) is 17.9. The number of rotatable bonds is 5. The zero-order valence-corrected chi connectivity index (χ0v) is 17.1. The van der Waals surface area contributed by atoms with Crippen LogP contribution in [-0.4, -0.2) is 52.9 Å². The molecule has 0 spiro atoms. The van der Waals surface area contributed by atoms with Crippen molar-refractivity contribution in [2.24, 2.45) is 0 Å². The van der Waals surface area contributed by atoms with Crippen LogP contribution >= 0.6 is 12.4 Å². The minimum Gasteiger partial charge on any atom is -0.361 e. The Hall–Kier alpha value is -1.52. The van der Waals surface area contributed by atoms with Crippen LogP contribution in [0.2, 0.25) is 0 Å². The van der Waals surface area contributed by atoms with E-state index in [1.165, 1.54) is 56.1 Å². The number of likely N-dealkylation sites (N-methyl/N-ethyl adjacent to an activating group) is 1. The van der Waals surface area contributed by atoms with Crippen molar-refractivity contribution in [1.82, 2.24) is 14.8 Å². The summed E-state index contributed by atoms with van der Waals surface area (Å²) in [6.45, 7) is 2.44. The van der Waals surface area contributed by atoms with Gasteiger partial charge in [-0.2, -0.15) is 0 Å². The molecule has 1 N–H and O–H groups in total. The lowest BCUT2D eigenvalue weighted by Crippen LogP contribution is -2.53. The number of amides is 1. The van der Waals surface area contributed by atoms with Crippen LogP contribution in [0.4, 0.5) is 0 Å². The third kappa shape index (κ3) is 4.33. The lowest BCUT2D eigenvalue weighted by molar-refractivity contribution is -0.134. The van der Waals surface area contributed by atoms with E-state index >= 15 is 0 Å². The first-order valence-electron chi connectivity index (χ1n) is 10.3. The molecule has 0 radical (unpaired) electrons. The minimum absolute atomic E-state index is 0. The van der Waals surface area contributed by atoms with Gasteiger partial charge >= 0.3 is 0 Å². The Kier molecular flexibility index (Phi) is 6.83. The highest BCUT2D eigenvalue weighted by atomic mass is 35.5. The van der Waals surface area contributed by atoms with Gasteiger partial charge in [-0.1, -0.05) is 31.0 Å². The molecule has 1 saturated heterocycles. The van der Waals surface area contributed by atoms with Gasteiger partial charge in [-0.15, -0.1) is 12.4 Å². The number of hydrogen-bond donors (Lipinski definition) is 1. The van der Waals surface area contributed by atoms with Gasteiger partial charge in [0.1, 0.15) is 0 Å². The fourth-order valence-electron chi connectivity index (χ4n) is 4.98. The molecule has 2 atom stereocenters. The number of likely N-dealkylation sites (tertiary alicyclic amines) is 1. The average Bonchev–Trinajstić information content (AvgIpc) is 3.35. The monoisotopic (exact) mass is 389 g/mol. The van der Waals surface area contributed by atoms with Crippen molar-refractivity contribution in [3.63, 3.8) is 0 Å². The lowest BCUT2D eigenvalue weighted by Gasteiger charge is -2.42. The Morgan fingerprint density at radius 2 is 1.89 bits per heavy atom. The topological polar surface area (TPSA) is 39.3 Å². The molecule has 2 aromatic rings. The number of fused-ring (bicyclic) bond motifs is 1. The molecule has 5 heteroatoms. The standard InChI is InChI=1S/C22H31N3O.ClH/c1-24(20-10-4-5-11-21(20)25-14-6-7-15-25)22(26)13-12-17-16-23-19-9-3-2-8-18(17)19;/h2-3,8-9,16,20-21,23H,4-7,10-15H2,1H3;1H/t20-,21-;/m1./s1. The number of carbonyl (C=O) groups excluding carboxylic acids is 1. The van der Waals surface area contributed by atoms with E-state index in [0.29, 0.717) is 24.4 Å². The molecule has 0 bridgehead atoms. The molecular formula is C22H32ClN3O. The summed E-state index contributed by atoms with van der Waals surface area (Å²) in [5.74, 6) is 0.298. The third-order valence-electron chi connectivity index (χ3n) is 6.48. The maximum Gasteiger partial charge on any atom is 0.222 e. The number of carbonyl (C=O) groups is 1. The highest BCUT2D eigenvalue weighted by Gasteiger charge is 2.35. The van der Waals surface area contributed by atoms with Crippen molar-refractivity contribution in [1.29, 1.82) is 0 Å². The molecule has 2 aliphatic rings. The van der Waals surface area contributed by atoms with Crippen molar-refractivity contribution in [2.75, 3.05) is 20.1 Å². The summed E-state index contributed by atoms with van der Waals surface area (Å²) in [6, 6.07) is 9.32. The maximum absolute atomic E-state index is 12.9. The largest absolute Gasteiger partial charge is 0.361 e. The summed E-state index contributed by atoms with van der Waals surface area (Å²) < 4.78 is 0. The van der Waals surface area contributed by atoms with Gasteiger partial charge < -0.3 is 9.88 Å². The number of H-pyrrole nitrogens is 1. The SMILES string of the molecule is CN(C(=O)CCc1c[nH]c2ccccc12)[C@@H]1CCCC[C@H]1N1CCCC1.Cl. The van der Waals surface area contributed by atoms with E-state index in [-0.39, 0.29) is 12.4 Å². The normalized spacial score (nSPS) is 23.3. The molecule has 0 unspecified atom stereocenters. The number of halogens is 1. The fraction of sp³-hybridized carbons (Fsp3) is 0.591. The molecule has 1 amide bonds. The molecule has 2 heterocycles. The van der Waals surface area contributed by atoms with Crippen molar-refractivity contribution in [3.05, 3.63) is 36.0 Å². The summed E-state index contributed by atoms with van der Waals surface area (Å²) in [7, 11) is 2.04. The number of aryl methyl sites for hydroxylation is 1. The Labute approximate surface area is 168 Å². The van der Waals surface area contributed by atoms with Crippen LogP contribution in [0.1, 0.15) is 50.5 Å². The summed E-state index contributed by atoms with van der Waals surface area (Å²) in [6.07, 6.45) is 11.1. The van der Waals surface area contributed by atoms with Gasteiger partial charge in [0, 0.05) is 42.7 Å². The highest BCUT2D eigenvalue weighted by Crippen LogP contribution is 2.29. The summed E-state index contributed by atoms with van der Waals surface area (Å²) in [5.41, 5.74) is 2.41. The first kappa shape index (κ1) is 20.2. The first-order valence-corrected chi connectivity index (χ1v) is 10.3. The molecule has 1 aromatic carbocycles. The number of nitrogens with zero attached hydrogens (tertiary/aromatic N) is 2. The number of hydrogen-bond acceptors (Lipinski definition) is 2. The van der Waals surface area contributed by atoms with Crippen LogP contribution in [0.25, 0.3) is 10.9 Å². The molecule has 4 rings (SSSR count). The van der Waals surface area contributed by atoms with Crippen molar-refractivity contribution in [2.45, 2.75) is 63.5 Å². The van der Waals surface area contributed by atoms with E-state index in [0.717, 1.165) is 18.4 Å². The molecule has 4 nitrogen and oxygen atoms in total. The molecule has 1 aromatic heterocycles. The third-order valence-corrected chi connectivity index (χ3v) is 6.48. The van der Waals surface area contributed by atoms with E-state index in [9.17, 15) is 4.79 Å². The Morgan fingerprint density at radius 3 is 2.70 bits per heavy atom. The predicted molar refractivity (Wildman–Crippen MR) is 113 cm³/mol. The fourth-order valence-corrected chi connectivity index (χ4v) is 4.98. The minimum atomic E-state index is 0. The number of nitrogens with one attached hydrogen (secondary N) is 1. The number of para-hydroxylation sites is 1. The van der Waals surface area contributed by atoms with Gasteiger partial charge in [0.05, 0.1) is 0 Å². The Balaban J connectivity index is 0.00000210.